The number of primary amides is 1. The molecule has 0 spiro atoms. The molecule has 1 rings (SSSR count). The number of benzene rings is 1. The maximum absolute atomic E-state index is 11.4. The average Bonchev–Trinajstić information content (AvgIpc) is 2.44. The number of carbonyl (C=O) groups excluding carboxylic acids is 2. The Morgan fingerprint density at radius 2 is 2.00 bits per heavy atom. The molecule has 6 heteroatoms. The van der Waals surface area contributed by atoms with E-state index in [0.717, 1.165) is 0 Å². The van der Waals surface area contributed by atoms with Gasteiger partial charge in [0, 0.05) is 5.56 Å². The standard InChI is InChI=1S/C14H17NO5/c1-4-19-14(17)9(2)8-20-11-6-5-10(13(15)16)7-12(11)18-3/h5-7H,2,4,8H2,1,3H3,(H2,15,16). The molecular weight excluding hydrogens is 262 g/mol. The highest BCUT2D eigenvalue weighted by Gasteiger charge is 2.12. The first-order chi connectivity index (χ1) is 9.49. The van der Waals surface area contributed by atoms with Crippen molar-refractivity contribution >= 4 is 11.9 Å². The van der Waals surface area contributed by atoms with E-state index in [9.17, 15) is 9.59 Å². The van der Waals surface area contributed by atoms with Crippen LogP contribution in [0.4, 0.5) is 0 Å². The highest BCUT2D eigenvalue weighted by atomic mass is 16.5. The first-order valence-corrected chi connectivity index (χ1v) is 5.95. The Morgan fingerprint density at radius 3 is 2.55 bits per heavy atom. The Morgan fingerprint density at radius 1 is 1.30 bits per heavy atom. The fourth-order valence-electron chi connectivity index (χ4n) is 1.40. The van der Waals surface area contributed by atoms with Crippen LogP contribution >= 0.6 is 0 Å². The van der Waals surface area contributed by atoms with Gasteiger partial charge in [-0.2, -0.15) is 0 Å². The van der Waals surface area contributed by atoms with E-state index in [4.69, 9.17) is 19.9 Å². The molecule has 1 aromatic rings. The summed E-state index contributed by atoms with van der Waals surface area (Å²) < 4.78 is 15.3. The van der Waals surface area contributed by atoms with Crippen molar-refractivity contribution in [3.05, 3.63) is 35.9 Å². The van der Waals surface area contributed by atoms with Crippen molar-refractivity contribution in [2.24, 2.45) is 5.73 Å². The van der Waals surface area contributed by atoms with Crippen LogP contribution in [0.3, 0.4) is 0 Å². The predicted molar refractivity (Wildman–Crippen MR) is 72.8 cm³/mol. The monoisotopic (exact) mass is 279 g/mol. The zero-order valence-electron chi connectivity index (χ0n) is 11.5. The van der Waals surface area contributed by atoms with E-state index in [1.54, 1.807) is 6.92 Å². The zero-order chi connectivity index (χ0) is 15.1. The van der Waals surface area contributed by atoms with Gasteiger partial charge >= 0.3 is 5.97 Å². The van der Waals surface area contributed by atoms with Crippen LogP contribution in [0, 0.1) is 0 Å². The second-order valence-corrected chi connectivity index (χ2v) is 3.84. The molecule has 0 saturated carbocycles. The van der Waals surface area contributed by atoms with Crippen LogP contribution in [0.1, 0.15) is 17.3 Å². The fraction of sp³-hybridized carbons (Fsp3) is 0.286. The Kier molecular flexibility index (Phi) is 5.58. The first kappa shape index (κ1) is 15.6. The minimum Gasteiger partial charge on any atom is -0.493 e. The van der Waals surface area contributed by atoms with Crippen LogP contribution in [0.5, 0.6) is 11.5 Å². The van der Waals surface area contributed by atoms with Crippen LogP contribution in [0.15, 0.2) is 30.4 Å². The molecule has 0 atom stereocenters. The van der Waals surface area contributed by atoms with Crippen molar-refractivity contribution < 1.29 is 23.8 Å². The number of carbonyl (C=O) groups is 2. The molecule has 0 aliphatic rings. The molecule has 0 aromatic heterocycles. The highest BCUT2D eigenvalue weighted by Crippen LogP contribution is 2.28. The number of amides is 1. The molecule has 2 N–H and O–H groups in total. The summed E-state index contributed by atoms with van der Waals surface area (Å²) in [4.78, 5) is 22.4. The van der Waals surface area contributed by atoms with Crippen LogP contribution in [-0.2, 0) is 9.53 Å². The number of nitrogens with two attached hydrogens (primary N) is 1. The fourth-order valence-corrected chi connectivity index (χ4v) is 1.40. The SMILES string of the molecule is C=C(COc1ccc(C(N)=O)cc1OC)C(=O)OCC. The van der Waals surface area contributed by atoms with Gasteiger partial charge in [0.25, 0.3) is 0 Å². The lowest BCUT2D eigenvalue weighted by Crippen LogP contribution is -2.14. The third-order valence-electron chi connectivity index (χ3n) is 2.41. The van der Waals surface area contributed by atoms with E-state index >= 15 is 0 Å². The second kappa shape index (κ2) is 7.18. The summed E-state index contributed by atoms with van der Waals surface area (Å²) in [5.74, 6) is -0.355. The van der Waals surface area contributed by atoms with Gasteiger partial charge in [0.05, 0.1) is 19.3 Å². The van der Waals surface area contributed by atoms with E-state index in [0.29, 0.717) is 17.1 Å². The number of hydrogen-bond donors (Lipinski definition) is 1. The Hall–Kier alpha value is -2.50. The Balaban J connectivity index is 2.75. The molecule has 0 bridgehead atoms. The van der Waals surface area contributed by atoms with Gasteiger partial charge in [-0.1, -0.05) is 6.58 Å². The largest absolute Gasteiger partial charge is 0.493 e. The molecule has 0 saturated heterocycles. The van der Waals surface area contributed by atoms with Gasteiger partial charge in [-0.05, 0) is 25.1 Å². The summed E-state index contributed by atoms with van der Waals surface area (Å²) >= 11 is 0. The highest BCUT2D eigenvalue weighted by molar-refractivity contribution is 5.93. The molecule has 1 amide bonds. The van der Waals surface area contributed by atoms with Crippen LogP contribution in [0.25, 0.3) is 0 Å². The lowest BCUT2D eigenvalue weighted by atomic mass is 10.2. The van der Waals surface area contributed by atoms with Gasteiger partial charge in [-0.15, -0.1) is 0 Å². The van der Waals surface area contributed by atoms with Crippen molar-refractivity contribution in [1.29, 1.82) is 0 Å². The molecule has 0 radical (unpaired) electrons. The second-order valence-electron chi connectivity index (χ2n) is 3.84. The zero-order valence-corrected chi connectivity index (χ0v) is 11.5. The molecular formula is C14H17NO5. The van der Waals surface area contributed by atoms with E-state index in [1.165, 1.54) is 25.3 Å². The number of rotatable bonds is 7. The summed E-state index contributed by atoms with van der Waals surface area (Å²) in [5.41, 5.74) is 5.66. The van der Waals surface area contributed by atoms with Gasteiger partial charge in [0.1, 0.15) is 6.61 Å². The molecule has 0 aliphatic heterocycles. The third kappa shape index (κ3) is 4.01. The summed E-state index contributed by atoms with van der Waals surface area (Å²) in [6, 6.07) is 4.51. The number of methoxy groups -OCH3 is 1. The molecule has 108 valence electrons. The average molecular weight is 279 g/mol. The van der Waals surface area contributed by atoms with Crippen molar-refractivity contribution in [1.82, 2.24) is 0 Å². The van der Waals surface area contributed by atoms with Crippen molar-refractivity contribution in [3.8, 4) is 11.5 Å². The molecule has 1 aromatic carbocycles. The van der Waals surface area contributed by atoms with E-state index < -0.39 is 11.9 Å². The number of esters is 1. The smallest absolute Gasteiger partial charge is 0.336 e. The topological polar surface area (TPSA) is 87.9 Å². The lowest BCUT2D eigenvalue weighted by molar-refractivity contribution is -0.138. The molecule has 20 heavy (non-hydrogen) atoms. The summed E-state index contributed by atoms with van der Waals surface area (Å²) in [5, 5.41) is 0. The maximum Gasteiger partial charge on any atom is 0.336 e. The predicted octanol–water partition coefficient (Wildman–Crippen LogP) is 1.29. The molecule has 0 aliphatic carbocycles. The van der Waals surface area contributed by atoms with Crippen LogP contribution in [0.2, 0.25) is 0 Å². The van der Waals surface area contributed by atoms with E-state index in [2.05, 4.69) is 6.58 Å². The molecule has 0 fully saturated rings. The lowest BCUT2D eigenvalue weighted by Gasteiger charge is -2.12. The van der Waals surface area contributed by atoms with Gasteiger partial charge in [-0.3, -0.25) is 4.79 Å². The minimum absolute atomic E-state index is 0.0366. The first-order valence-electron chi connectivity index (χ1n) is 5.95. The summed E-state index contributed by atoms with van der Waals surface area (Å²) in [6.45, 7) is 5.52. The van der Waals surface area contributed by atoms with Crippen molar-refractivity contribution in [3.63, 3.8) is 0 Å². The Labute approximate surface area is 117 Å². The normalized spacial score (nSPS) is 9.70. The summed E-state index contributed by atoms with van der Waals surface area (Å²) in [6.07, 6.45) is 0. The number of hydrogen-bond acceptors (Lipinski definition) is 5. The maximum atomic E-state index is 11.4. The number of ether oxygens (including phenoxy) is 3. The van der Waals surface area contributed by atoms with Gasteiger partial charge in [0.15, 0.2) is 11.5 Å². The molecule has 0 heterocycles. The van der Waals surface area contributed by atoms with Crippen molar-refractivity contribution in [2.45, 2.75) is 6.92 Å². The van der Waals surface area contributed by atoms with E-state index in [-0.39, 0.29) is 18.8 Å². The molecule has 0 unspecified atom stereocenters. The minimum atomic E-state index is -0.564. The summed E-state index contributed by atoms with van der Waals surface area (Å²) in [7, 11) is 1.44. The van der Waals surface area contributed by atoms with E-state index in [1.807, 2.05) is 0 Å². The third-order valence-corrected chi connectivity index (χ3v) is 2.41. The van der Waals surface area contributed by atoms with Crippen molar-refractivity contribution in [2.75, 3.05) is 20.3 Å². The van der Waals surface area contributed by atoms with Crippen LogP contribution < -0.4 is 15.2 Å². The van der Waals surface area contributed by atoms with Gasteiger partial charge in [0.2, 0.25) is 5.91 Å². The Bertz CT molecular complexity index is 524. The molecule has 6 nitrogen and oxygen atoms in total. The van der Waals surface area contributed by atoms with Gasteiger partial charge in [-0.25, -0.2) is 4.79 Å². The quantitative estimate of drug-likeness (QED) is 0.600. The van der Waals surface area contributed by atoms with Crippen LogP contribution in [-0.4, -0.2) is 32.2 Å². The van der Waals surface area contributed by atoms with Gasteiger partial charge < -0.3 is 19.9 Å².